The highest BCUT2D eigenvalue weighted by Gasteiger charge is 2.35. The minimum atomic E-state index is -0.946. The lowest BCUT2D eigenvalue weighted by atomic mass is 9.93. The van der Waals surface area contributed by atoms with E-state index in [2.05, 4.69) is 4.89 Å². The van der Waals surface area contributed by atoms with E-state index in [1.807, 2.05) is 0 Å². The molecule has 72 valence electrons. The lowest BCUT2D eigenvalue weighted by Gasteiger charge is -2.22. The minimum Gasteiger partial charge on any atom is -0.383 e. The maximum Gasteiger partial charge on any atom is 0.352 e. The summed E-state index contributed by atoms with van der Waals surface area (Å²) in [7, 11) is 2.91. The van der Waals surface area contributed by atoms with E-state index in [1.54, 1.807) is 6.92 Å². The van der Waals surface area contributed by atoms with Gasteiger partial charge in [0, 0.05) is 14.2 Å². The first-order valence-electron chi connectivity index (χ1n) is 3.44. The molecule has 0 aromatic rings. The van der Waals surface area contributed by atoms with Crippen molar-refractivity contribution in [3.8, 4) is 0 Å². The van der Waals surface area contributed by atoms with Gasteiger partial charge in [0.15, 0.2) is 0 Å². The molecule has 0 amide bonds. The monoisotopic (exact) mass is 178 g/mol. The summed E-state index contributed by atoms with van der Waals surface area (Å²) in [6.45, 7) is 1.86. The van der Waals surface area contributed by atoms with Crippen molar-refractivity contribution in [3.05, 3.63) is 0 Å². The number of carbonyl (C=O) groups excluding carboxylic acids is 1. The quantitative estimate of drug-likeness (QED) is 0.484. The highest BCUT2D eigenvalue weighted by Crippen LogP contribution is 2.18. The van der Waals surface area contributed by atoms with Crippen molar-refractivity contribution in [2.45, 2.75) is 6.92 Å². The Morgan fingerprint density at radius 2 is 1.75 bits per heavy atom. The van der Waals surface area contributed by atoms with Crippen LogP contribution in [0, 0.1) is 5.41 Å². The van der Waals surface area contributed by atoms with Gasteiger partial charge in [-0.1, -0.05) is 0 Å². The fourth-order valence-corrected chi connectivity index (χ4v) is 0.907. The van der Waals surface area contributed by atoms with Crippen LogP contribution in [0.2, 0.25) is 0 Å². The van der Waals surface area contributed by atoms with Crippen molar-refractivity contribution < 1.29 is 24.4 Å². The van der Waals surface area contributed by atoms with Crippen LogP contribution in [0.4, 0.5) is 0 Å². The number of hydrogen-bond donors (Lipinski definition) is 1. The summed E-state index contributed by atoms with van der Waals surface area (Å²) in [5, 5.41) is 8.16. The maximum absolute atomic E-state index is 11.0. The van der Waals surface area contributed by atoms with Gasteiger partial charge in [0.1, 0.15) is 5.41 Å². The van der Waals surface area contributed by atoms with Crippen molar-refractivity contribution >= 4 is 5.97 Å². The van der Waals surface area contributed by atoms with Crippen LogP contribution in [-0.2, 0) is 19.2 Å². The first-order chi connectivity index (χ1) is 5.60. The molecule has 0 heterocycles. The van der Waals surface area contributed by atoms with Gasteiger partial charge in [0.25, 0.3) is 0 Å². The molecule has 0 aliphatic rings. The minimum absolute atomic E-state index is 0.139. The number of hydrogen-bond acceptors (Lipinski definition) is 5. The Hall–Kier alpha value is -0.650. The molecule has 0 aromatic heterocycles. The van der Waals surface area contributed by atoms with Gasteiger partial charge in [-0.2, -0.15) is 5.26 Å². The number of carbonyl (C=O) groups is 1. The molecule has 0 fully saturated rings. The van der Waals surface area contributed by atoms with Gasteiger partial charge >= 0.3 is 5.97 Å². The van der Waals surface area contributed by atoms with Crippen LogP contribution >= 0.6 is 0 Å². The number of methoxy groups -OCH3 is 2. The van der Waals surface area contributed by atoms with Gasteiger partial charge in [0.05, 0.1) is 13.2 Å². The molecule has 0 saturated carbocycles. The van der Waals surface area contributed by atoms with Crippen LogP contribution in [0.3, 0.4) is 0 Å². The fourth-order valence-electron chi connectivity index (χ4n) is 0.907. The van der Waals surface area contributed by atoms with Crippen molar-refractivity contribution in [2.75, 3.05) is 27.4 Å². The van der Waals surface area contributed by atoms with Gasteiger partial charge < -0.3 is 14.4 Å². The number of ether oxygens (including phenoxy) is 2. The maximum atomic E-state index is 11.0. The SMILES string of the molecule is COCC(C)(COC)C(=O)OO. The lowest BCUT2D eigenvalue weighted by Crippen LogP contribution is -2.37. The normalized spacial score (nSPS) is 11.3. The smallest absolute Gasteiger partial charge is 0.352 e. The average molecular weight is 178 g/mol. The average Bonchev–Trinajstić information content (AvgIpc) is 2.04. The van der Waals surface area contributed by atoms with E-state index in [0.29, 0.717) is 0 Å². The van der Waals surface area contributed by atoms with Crippen molar-refractivity contribution in [1.29, 1.82) is 0 Å². The summed E-state index contributed by atoms with van der Waals surface area (Å²) < 4.78 is 9.58. The largest absolute Gasteiger partial charge is 0.383 e. The second-order valence-electron chi connectivity index (χ2n) is 2.81. The van der Waals surface area contributed by atoms with E-state index in [4.69, 9.17) is 14.7 Å². The molecule has 5 heteroatoms. The Morgan fingerprint density at radius 3 is 2.00 bits per heavy atom. The van der Waals surface area contributed by atoms with Crippen LogP contribution in [0.5, 0.6) is 0 Å². The van der Waals surface area contributed by atoms with E-state index in [-0.39, 0.29) is 13.2 Å². The highest BCUT2D eigenvalue weighted by atomic mass is 17.1. The molecule has 0 aliphatic heterocycles. The molecule has 1 N–H and O–H groups in total. The topological polar surface area (TPSA) is 65.0 Å². The summed E-state index contributed by atoms with van der Waals surface area (Å²) in [5.41, 5.74) is -0.946. The van der Waals surface area contributed by atoms with Crippen LogP contribution in [0.15, 0.2) is 0 Å². The number of rotatable bonds is 5. The Bertz CT molecular complexity index is 139. The highest BCUT2D eigenvalue weighted by molar-refractivity contribution is 5.76. The first-order valence-corrected chi connectivity index (χ1v) is 3.44. The summed E-state index contributed by atoms with van der Waals surface area (Å²) in [5.74, 6) is -0.758. The Labute approximate surface area is 71.2 Å². The second kappa shape index (κ2) is 5.08. The molecule has 0 atom stereocenters. The summed E-state index contributed by atoms with van der Waals surface area (Å²) >= 11 is 0. The molecule has 5 nitrogen and oxygen atoms in total. The van der Waals surface area contributed by atoms with Crippen LogP contribution in [-0.4, -0.2) is 38.7 Å². The van der Waals surface area contributed by atoms with Crippen molar-refractivity contribution in [3.63, 3.8) is 0 Å². The molecule has 0 bridgehead atoms. The molecule has 0 aromatic carbocycles. The zero-order valence-corrected chi connectivity index (χ0v) is 7.49. The first kappa shape index (κ1) is 11.4. The molecular weight excluding hydrogens is 164 g/mol. The molecule has 0 aliphatic carbocycles. The van der Waals surface area contributed by atoms with Gasteiger partial charge in [-0.3, -0.25) is 0 Å². The fraction of sp³-hybridized carbons (Fsp3) is 0.857. The molecule has 12 heavy (non-hydrogen) atoms. The standard InChI is InChI=1S/C7H14O5/c1-7(4-10-2,5-11-3)6(8)12-9/h9H,4-5H2,1-3H3. The van der Waals surface area contributed by atoms with Crippen LogP contribution in [0.25, 0.3) is 0 Å². The zero-order valence-electron chi connectivity index (χ0n) is 7.49. The van der Waals surface area contributed by atoms with Crippen molar-refractivity contribution in [2.24, 2.45) is 5.41 Å². The third-order valence-corrected chi connectivity index (χ3v) is 1.50. The molecule has 0 spiro atoms. The summed E-state index contributed by atoms with van der Waals surface area (Å²) in [6, 6.07) is 0. The molecular formula is C7H14O5. The molecule has 0 unspecified atom stereocenters. The van der Waals surface area contributed by atoms with E-state index in [9.17, 15) is 4.79 Å². The van der Waals surface area contributed by atoms with E-state index in [1.165, 1.54) is 14.2 Å². The van der Waals surface area contributed by atoms with Crippen LogP contribution < -0.4 is 0 Å². The van der Waals surface area contributed by atoms with E-state index < -0.39 is 11.4 Å². The zero-order chi connectivity index (χ0) is 9.61. The summed E-state index contributed by atoms with van der Waals surface area (Å²) in [6.07, 6.45) is 0. The van der Waals surface area contributed by atoms with Gasteiger partial charge in [-0.05, 0) is 6.92 Å². The predicted molar refractivity (Wildman–Crippen MR) is 40.6 cm³/mol. The molecule has 0 radical (unpaired) electrons. The Kier molecular flexibility index (Phi) is 4.80. The van der Waals surface area contributed by atoms with Gasteiger partial charge in [-0.25, -0.2) is 4.79 Å². The summed E-state index contributed by atoms with van der Waals surface area (Å²) in [4.78, 5) is 14.6. The van der Waals surface area contributed by atoms with Crippen molar-refractivity contribution in [1.82, 2.24) is 0 Å². The lowest BCUT2D eigenvalue weighted by molar-refractivity contribution is -0.248. The second-order valence-corrected chi connectivity index (χ2v) is 2.81. The Balaban J connectivity index is 4.26. The Morgan fingerprint density at radius 1 is 1.33 bits per heavy atom. The molecule has 0 saturated heterocycles. The van der Waals surface area contributed by atoms with Crippen LogP contribution in [0.1, 0.15) is 6.92 Å². The molecule has 0 rings (SSSR count). The third kappa shape index (κ3) is 2.77. The van der Waals surface area contributed by atoms with Gasteiger partial charge in [0.2, 0.25) is 0 Å². The third-order valence-electron chi connectivity index (χ3n) is 1.50. The van der Waals surface area contributed by atoms with E-state index >= 15 is 0 Å². The van der Waals surface area contributed by atoms with Gasteiger partial charge in [-0.15, -0.1) is 0 Å². The predicted octanol–water partition coefficient (Wildman–Crippen LogP) is 0.302. The van der Waals surface area contributed by atoms with E-state index in [0.717, 1.165) is 0 Å².